The van der Waals surface area contributed by atoms with E-state index in [9.17, 15) is 22.4 Å². The van der Waals surface area contributed by atoms with E-state index in [1.807, 2.05) is 13.0 Å². The van der Waals surface area contributed by atoms with E-state index in [-0.39, 0.29) is 41.0 Å². The molecule has 0 spiro atoms. The summed E-state index contributed by atoms with van der Waals surface area (Å²) in [5.41, 5.74) is 3.09. The van der Waals surface area contributed by atoms with Crippen LogP contribution < -0.4 is 10.0 Å². The first-order valence-corrected chi connectivity index (χ1v) is 14.1. The summed E-state index contributed by atoms with van der Waals surface area (Å²) in [5.74, 6) is -1.52. The molecule has 0 aromatic heterocycles. The zero-order valence-electron chi connectivity index (χ0n) is 21.1. The van der Waals surface area contributed by atoms with Gasteiger partial charge in [0.1, 0.15) is 5.82 Å². The molecule has 200 valence electrons. The van der Waals surface area contributed by atoms with E-state index in [1.54, 1.807) is 42.5 Å². The van der Waals surface area contributed by atoms with E-state index in [0.717, 1.165) is 16.7 Å². The summed E-state index contributed by atoms with van der Waals surface area (Å²) in [6.45, 7) is 1.85. The van der Waals surface area contributed by atoms with Crippen LogP contribution in [0.3, 0.4) is 0 Å². The molecule has 1 amide bonds. The largest absolute Gasteiger partial charge is 0.481 e. The van der Waals surface area contributed by atoms with Crippen LogP contribution in [0, 0.1) is 11.7 Å². The molecule has 7 nitrogen and oxygen atoms in total. The minimum absolute atomic E-state index is 0.0776. The average Bonchev–Trinajstić information content (AvgIpc) is 2.89. The van der Waals surface area contributed by atoms with Crippen LogP contribution in [-0.4, -0.2) is 31.4 Å². The number of aliphatic carboxylic acids is 1. The first kappa shape index (κ1) is 27.5. The SMILES string of the molecule is C[C@@H](NC(=O)C1CCC(NS(=O)(=O)c2ccc(-c3cccc(CC(=O)O)c3)cc2)CC1)c1ccc(F)cc1. The highest BCUT2D eigenvalue weighted by Crippen LogP contribution is 2.28. The second-order valence-corrected chi connectivity index (χ2v) is 11.5. The van der Waals surface area contributed by atoms with Crippen molar-refractivity contribution < 1.29 is 27.5 Å². The molecule has 1 aliphatic rings. The van der Waals surface area contributed by atoms with Crippen molar-refractivity contribution in [1.82, 2.24) is 10.0 Å². The number of carbonyl (C=O) groups is 2. The van der Waals surface area contributed by atoms with Crippen molar-refractivity contribution in [3.05, 3.63) is 89.7 Å². The normalized spacial score (nSPS) is 18.5. The Kier molecular flexibility index (Phi) is 8.58. The maximum absolute atomic E-state index is 13.1. The van der Waals surface area contributed by atoms with Crippen molar-refractivity contribution in [2.75, 3.05) is 0 Å². The quantitative estimate of drug-likeness (QED) is 0.361. The number of hydrogen-bond donors (Lipinski definition) is 3. The Morgan fingerprint density at radius 1 is 0.947 bits per heavy atom. The second kappa shape index (κ2) is 11.9. The molecule has 9 heteroatoms. The number of nitrogens with one attached hydrogen (secondary N) is 2. The fourth-order valence-electron chi connectivity index (χ4n) is 4.79. The lowest BCUT2D eigenvalue weighted by Gasteiger charge is -2.29. The first-order valence-electron chi connectivity index (χ1n) is 12.6. The van der Waals surface area contributed by atoms with Crippen molar-refractivity contribution in [3.63, 3.8) is 0 Å². The summed E-state index contributed by atoms with van der Waals surface area (Å²) in [4.78, 5) is 23.9. The zero-order valence-corrected chi connectivity index (χ0v) is 21.9. The fraction of sp³-hybridized carbons (Fsp3) is 0.310. The smallest absolute Gasteiger partial charge is 0.307 e. The highest BCUT2D eigenvalue weighted by atomic mass is 32.2. The van der Waals surface area contributed by atoms with Gasteiger partial charge in [0.15, 0.2) is 0 Å². The average molecular weight is 539 g/mol. The van der Waals surface area contributed by atoms with Crippen LogP contribution in [0.4, 0.5) is 4.39 Å². The van der Waals surface area contributed by atoms with Gasteiger partial charge in [0.2, 0.25) is 15.9 Å². The Bertz CT molecular complexity index is 1380. The van der Waals surface area contributed by atoms with Gasteiger partial charge in [-0.25, -0.2) is 17.5 Å². The van der Waals surface area contributed by atoms with Gasteiger partial charge in [-0.15, -0.1) is 0 Å². The summed E-state index contributed by atoms with van der Waals surface area (Å²) >= 11 is 0. The Balaban J connectivity index is 1.31. The van der Waals surface area contributed by atoms with E-state index in [4.69, 9.17) is 5.11 Å². The van der Waals surface area contributed by atoms with E-state index >= 15 is 0 Å². The van der Waals surface area contributed by atoms with Gasteiger partial charge < -0.3 is 10.4 Å². The van der Waals surface area contributed by atoms with Gasteiger partial charge in [-0.1, -0.05) is 48.5 Å². The van der Waals surface area contributed by atoms with Gasteiger partial charge in [0.05, 0.1) is 17.4 Å². The van der Waals surface area contributed by atoms with E-state index in [0.29, 0.717) is 31.2 Å². The Morgan fingerprint density at radius 3 is 2.24 bits per heavy atom. The predicted molar refractivity (Wildman–Crippen MR) is 142 cm³/mol. The van der Waals surface area contributed by atoms with E-state index in [2.05, 4.69) is 10.0 Å². The second-order valence-electron chi connectivity index (χ2n) is 9.75. The lowest BCUT2D eigenvalue weighted by Crippen LogP contribution is -2.41. The third-order valence-corrected chi connectivity index (χ3v) is 8.47. The van der Waals surface area contributed by atoms with Crippen LogP contribution >= 0.6 is 0 Å². The van der Waals surface area contributed by atoms with Gasteiger partial charge in [-0.2, -0.15) is 0 Å². The van der Waals surface area contributed by atoms with E-state index in [1.165, 1.54) is 24.3 Å². The summed E-state index contributed by atoms with van der Waals surface area (Å²) in [5, 5.41) is 12.0. The Labute approximate surface area is 222 Å². The topological polar surface area (TPSA) is 113 Å². The van der Waals surface area contributed by atoms with Gasteiger partial charge >= 0.3 is 5.97 Å². The van der Waals surface area contributed by atoms with Crippen LogP contribution in [0.25, 0.3) is 11.1 Å². The third-order valence-electron chi connectivity index (χ3n) is 6.93. The lowest BCUT2D eigenvalue weighted by molar-refractivity contribution is -0.136. The molecule has 0 heterocycles. The molecular formula is C29H31FN2O5S. The molecule has 3 N–H and O–H groups in total. The van der Waals surface area contributed by atoms with Crippen LogP contribution in [-0.2, 0) is 26.0 Å². The standard InChI is InChI=1S/C29H31FN2O5S/c1-19(21-5-11-25(30)12-6-21)31-29(35)23-7-13-26(14-8-23)32-38(36,37)27-15-9-22(10-16-27)24-4-2-3-20(17-24)18-28(33)34/h2-6,9-12,15-17,19,23,26,32H,7-8,13-14,18H2,1H3,(H,31,35)(H,33,34)/t19-,23?,26?/m1/s1. The summed E-state index contributed by atoms with van der Waals surface area (Å²) in [7, 11) is -3.74. The summed E-state index contributed by atoms with van der Waals surface area (Å²) in [6.07, 6.45) is 2.16. The summed E-state index contributed by atoms with van der Waals surface area (Å²) in [6, 6.07) is 19.2. The minimum Gasteiger partial charge on any atom is -0.481 e. The van der Waals surface area contributed by atoms with Gasteiger partial charge in [0.25, 0.3) is 0 Å². The molecule has 0 radical (unpaired) electrons. The number of carbonyl (C=O) groups excluding carboxylic acids is 1. The number of rotatable bonds is 9. The van der Waals surface area contributed by atoms with Gasteiger partial charge in [0, 0.05) is 12.0 Å². The number of carboxylic acid groups (broad SMARTS) is 1. The molecule has 1 fully saturated rings. The monoisotopic (exact) mass is 538 g/mol. The predicted octanol–water partition coefficient (Wildman–Crippen LogP) is 4.83. The maximum atomic E-state index is 13.1. The van der Waals surface area contributed by atoms with Crippen LogP contribution in [0.2, 0.25) is 0 Å². The molecule has 3 aromatic carbocycles. The first-order chi connectivity index (χ1) is 18.1. The number of carboxylic acids is 1. The summed E-state index contributed by atoms with van der Waals surface area (Å²) < 4.78 is 41.9. The van der Waals surface area contributed by atoms with Gasteiger partial charge in [-0.3, -0.25) is 9.59 Å². The number of benzene rings is 3. The number of halogens is 1. The molecule has 1 atom stereocenters. The molecule has 0 saturated heterocycles. The highest BCUT2D eigenvalue weighted by Gasteiger charge is 2.29. The van der Waals surface area contributed by atoms with Crippen molar-refractivity contribution in [2.45, 2.75) is 56.0 Å². The van der Waals surface area contributed by atoms with Crippen LogP contribution in [0.1, 0.15) is 49.8 Å². The molecule has 38 heavy (non-hydrogen) atoms. The molecule has 4 rings (SSSR count). The highest BCUT2D eigenvalue weighted by molar-refractivity contribution is 7.89. The maximum Gasteiger partial charge on any atom is 0.307 e. The van der Waals surface area contributed by atoms with Crippen molar-refractivity contribution >= 4 is 21.9 Å². The molecule has 0 unspecified atom stereocenters. The fourth-order valence-corrected chi connectivity index (χ4v) is 6.09. The van der Waals surface area contributed by atoms with Crippen molar-refractivity contribution in [1.29, 1.82) is 0 Å². The molecule has 0 aliphatic heterocycles. The lowest BCUT2D eigenvalue weighted by atomic mass is 9.85. The van der Waals surface area contributed by atoms with Crippen LogP contribution in [0.5, 0.6) is 0 Å². The molecular weight excluding hydrogens is 507 g/mol. The number of sulfonamides is 1. The zero-order chi connectivity index (χ0) is 27.3. The molecule has 1 aliphatic carbocycles. The molecule has 0 bridgehead atoms. The third kappa shape index (κ3) is 7.05. The van der Waals surface area contributed by atoms with Crippen molar-refractivity contribution in [3.8, 4) is 11.1 Å². The minimum atomic E-state index is -3.74. The Morgan fingerprint density at radius 2 is 1.61 bits per heavy atom. The molecule has 1 saturated carbocycles. The number of amides is 1. The van der Waals surface area contributed by atoms with Gasteiger partial charge in [-0.05, 0) is 79.1 Å². The van der Waals surface area contributed by atoms with Crippen LogP contribution in [0.15, 0.2) is 77.7 Å². The number of hydrogen-bond acceptors (Lipinski definition) is 4. The Hall–Kier alpha value is -3.56. The van der Waals surface area contributed by atoms with Crippen molar-refractivity contribution in [2.24, 2.45) is 5.92 Å². The molecule has 3 aromatic rings. The van der Waals surface area contributed by atoms with E-state index < -0.39 is 16.0 Å².